The lowest BCUT2D eigenvalue weighted by Gasteiger charge is -2.21. The molecule has 1 saturated heterocycles. The van der Waals surface area contributed by atoms with E-state index in [2.05, 4.69) is 5.32 Å². The SMILES string of the molecule is COc1cc(/C=C/C(=O)N2CSCC2C(=O)Nc2ccc(C#N)cc2)ccc1OCC#N. The summed E-state index contributed by atoms with van der Waals surface area (Å²) < 4.78 is 10.6. The van der Waals surface area contributed by atoms with E-state index in [0.717, 1.165) is 0 Å². The lowest BCUT2D eigenvalue weighted by Crippen LogP contribution is -2.43. The highest BCUT2D eigenvalue weighted by Gasteiger charge is 2.33. The van der Waals surface area contributed by atoms with Gasteiger partial charge in [-0.05, 0) is 48.0 Å². The van der Waals surface area contributed by atoms with Crippen LogP contribution in [0.4, 0.5) is 5.69 Å². The van der Waals surface area contributed by atoms with E-state index < -0.39 is 6.04 Å². The standard InChI is InChI=1S/C23H20N4O4S/c1-30-21-12-16(4-8-20(21)31-11-10-24)5-9-22(28)27-15-32-14-19(27)23(29)26-18-6-2-17(13-25)3-7-18/h2-9,12,19H,11,14-15H2,1H3,(H,26,29)/b9-5+. The predicted octanol–water partition coefficient (Wildman–Crippen LogP) is 3.02. The monoisotopic (exact) mass is 448 g/mol. The van der Waals surface area contributed by atoms with Crippen LogP contribution in [0.5, 0.6) is 11.5 Å². The third kappa shape index (κ3) is 5.60. The van der Waals surface area contributed by atoms with Gasteiger partial charge in [-0.15, -0.1) is 11.8 Å². The number of ether oxygens (including phenoxy) is 2. The number of rotatable bonds is 7. The minimum atomic E-state index is -0.593. The number of nitrogens with one attached hydrogen (secondary N) is 1. The molecule has 2 aromatic carbocycles. The molecule has 2 amide bonds. The van der Waals surface area contributed by atoms with Crippen molar-refractivity contribution in [1.82, 2.24) is 4.90 Å². The Labute approximate surface area is 190 Å². The summed E-state index contributed by atoms with van der Waals surface area (Å²) in [5.41, 5.74) is 1.78. The fourth-order valence-electron chi connectivity index (χ4n) is 3.01. The van der Waals surface area contributed by atoms with Crippen molar-refractivity contribution in [3.63, 3.8) is 0 Å². The second-order valence-corrected chi connectivity index (χ2v) is 7.69. The van der Waals surface area contributed by atoms with Crippen LogP contribution in [0.3, 0.4) is 0 Å². The molecule has 0 saturated carbocycles. The van der Waals surface area contributed by atoms with E-state index in [4.69, 9.17) is 20.0 Å². The van der Waals surface area contributed by atoms with Gasteiger partial charge in [0.25, 0.3) is 0 Å². The zero-order valence-corrected chi connectivity index (χ0v) is 18.1. The first-order chi connectivity index (χ1) is 15.5. The van der Waals surface area contributed by atoms with Crippen molar-refractivity contribution in [2.24, 2.45) is 0 Å². The Balaban J connectivity index is 1.65. The second-order valence-electron chi connectivity index (χ2n) is 6.69. The van der Waals surface area contributed by atoms with Gasteiger partial charge in [-0.2, -0.15) is 10.5 Å². The number of anilines is 1. The molecule has 1 aliphatic heterocycles. The third-order valence-electron chi connectivity index (χ3n) is 4.65. The van der Waals surface area contributed by atoms with Crippen LogP contribution in [0.1, 0.15) is 11.1 Å². The van der Waals surface area contributed by atoms with Gasteiger partial charge in [0.2, 0.25) is 11.8 Å². The fraction of sp³-hybridized carbons (Fsp3) is 0.217. The number of hydrogen-bond acceptors (Lipinski definition) is 7. The number of carbonyl (C=O) groups is 2. The number of benzene rings is 2. The van der Waals surface area contributed by atoms with Gasteiger partial charge in [0, 0.05) is 17.5 Å². The molecule has 0 aromatic heterocycles. The van der Waals surface area contributed by atoms with Crippen LogP contribution in [0.15, 0.2) is 48.5 Å². The second kappa shape index (κ2) is 10.9. The molecule has 162 valence electrons. The molecule has 1 heterocycles. The van der Waals surface area contributed by atoms with Gasteiger partial charge in [-0.25, -0.2) is 0 Å². The summed E-state index contributed by atoms with van der Waals surface area (Å²) >= 11 is 1.51. The molecule has 0 spiro atoms. The van der Waals surface area contributed by atoms with E-state index in [1.54, 1.807) is 48.5 Å². The first-order valence-electron chi connectivity index (χ1n) is 9.61. The number of thioether (sulfide) groups is 1. The van der Waals surface area contributed by atoms with Crippen molar-refractivity contribution in [2.45, 2.75) is 6.04 Å². The highest BCUT2D eigenvalue weighted by Crippen LogP contribution is 2.29. The molecule has 0 aliphatic carbocycles. The topological polar surface area (TPSA) is 115 Å². The Kier molecular flexibility index (Phi) is 7.74. The van der Waals surface area contributed by atoms with E-state index in [-0.39, 0.29) is 18.4 Å². The molecule has 0 radical (unpaired) electrons. The quantitative estimate of drug-likeness (QED) is 0.647. The summed E-state index contributed by atoms with van der Waals surface area (Å²) in [7, 11) is 1.49. The molecule has 1 unspecified atom stereocenters. The summed E-state index contributed by atoms with van der Waals surface area (Å²) in [5.74, 6) is 1.25. The molecule has 1 fully saturated rings. The van der Waals surface area contributed by atoms with Crippen LogP contribution in [-0.2, 0) is 9.59 Å². The summed E-state index contributed by atoms with van der Waals surface area (Å²) in [4.78, 5) is 27.0. The average molecular weight is 449 g/mol. The maximum atomic E-state index is 12.7. The maximum Gasteiger partial charge on any atom is 0.248 e. The first kappa shape index (κ1) is 22.7. The molecule has 2 aromatic rings. The Bertz CT molecular complexity index is 1100. The van der Waals surface area contributed by atoms with E-state index in [9.17, 15) is 9.59 Å². The Morgan fingerprint density at radius 3 is 2.69 bits per heavy atom. The number of hydrogen-bond donors (Lipinski definition) is 1. The van der Waals surface area contributed by atoms with E-state index in [1.165, 1.54) is 29.8 Å². The van der Waals surface area contributed by atoms with Crippen molar-refractivity contribution in [3.8, 4) is 23.6 Å². The summed E-state index contributed by atoms with van der Waals surface area (Å²) in [5, 5.41) is 20.3. The molecule has 1 atom stereocenters. The van der Waals surface area contributed by atoms with Crippen LogP contribution in [-0.4, -0.2) is 48.1 Å². The highest BCUT2D eigenvalue weighted by molar-refractivity contribution is 7.99. The van der Waals surface area contributed by atoms with Gasteiger partial charge >= 0.3 is 0 Å². The summed E-state index contributed by atoms with van der Waals surface area (Å²) in [6, 6.07) is 15.0. The minimum Gasteiger partial charge on any atom is -0.493 e. The van der Waals surface area contributed by atoms with Crippen molar-refractivity contribution in [3.05, 3.63) is 59.7 Å². The highest BCUT2D eigenvalue weighted by atomic mass is 32.2. The van der Waals surface area contributed by atoms with Crippen LogP contribution < -0.4 is 14.8 Å². The molecular formula is C23H20N4O4S. The predicted molar refractivity (Wildman–Crippen MR) is 121 cm³/mol. The van der Waals surface area contributed by atoms with Crippen LogP contribution >= 0.6 is 11.8 Å². The minimum absolute atomic E-state index is 0.0947. The first-order valence-corrected chi connectivity index (χ1v) is 10.8. The zero-order chi connectivity index (χ0) is 22.9. The molecule has 1 aliphatic rings. The van der Waals surface area contributed by atoms with Gasteiger partial charge in [-0.1, -0.05) is 6.07 Å². The van der Waals surface area contributed by atoms with Gasteiger partial charge in [0.05, 0.1) is 24.6 Å². The van der Waals surface area contributed by atoms with Crippen molar-refractivity contribution >= 4 is 35.3 Å². The van der Waals surface area contributed by atoms with E-state index in [1.807, 2.05) is 12.1 Å². The van der Waals surface area contributed by atoms with Gasteiger partial charge in [0.1, 0.15) is 12.1 Å². The largest absolute Gasteiger partial charge is 0.493 e. The molecule has 1 N–H and O–H groups in total. The molecular weight excluding hydrogens is 428 g/mol. The summed E-state index contributed by atoms with van der Waals surface area (Å²) in [6.07, 6.45) is 3.05. The van der Waals surface area contributed by atoms with Crippen LogP contribution in [0.2, 0.25) is 0 Å². The fourth-order valence-corrected chi connectivity index (χ4v) is 4.17. The van der Waals surface area contributed by atoms with E-state index >= 15 is 0 Å². The van der Waals surface area contributed by atoms with Crippen molar-refractivity contribution in [1.29, 1.82) is 10.5 Å². The smallest absolute Gasteiger partial charge is 0.248 e. The summed E-state index contributed by atoms with van der Waals surface area (Å²) in [6.45, 7) is -0.0947. The Morgan fingerprint density at radius 2 is 2.00 bits per heavy atom. The maximum absolute atomic E-state index is 12.7. The number of nitrogens with zero attached hydrogens (tertiary/aromatic N) is 3. The number of carbonyl (C=O) groups excluding carboxylic acids is 2. The lowest BCUT2D eigenvalue weighted by atomic mass is 10.1. The van der Waals surface area contributed by atoms with Crippen molar-refractivity contribution < 1.29 is 19.1 Å². The molecule has 0 bridgehead atoms. The molecule has 3 rings (SSSR count). The van der Waals surface area contributed by atoms with E-state index in [0.29, 0.717) is 39.9 Å². The third-order valence-corrected chi connectivity index (χ3v) is 5.66. The van der Waals surface area contributed by atoms with Gasteiger partial charge in [0.15, 0.2) is 18.1 Å². The molecule has 32 heavy (non-hydrogen) atoms. The van der Waals surface area contributed by atoms with Crippen molar-refractivity contribution in [2.75, 3.05) is 30.7 Å². The van der Waals surface area contributed by atoms with Crippen LogP contribution in [0, 0.1) is 22.7 Å². The number of amides is 2. The normalized spacial score (nSPS) is 15.1. The Morgan fingerprint density at radius 1 is 1.22 bits per heavy atom. The molecule has 9 heteroatoms. The number of nitriles is 2. The Hall–Kier alpha value is -3.95. The average Bonchev–Trinajstić information content (AvgIpc) is 3.32. The van der Waals surface area contributed by atoms with Crippen LogP contribution in [0.25, 0.3) is 6.08 Å². The van der Waals surface area contributed by atoms with Gasteiger partial charge < -0.3 is 19.7 Å². The number of methoxy groups -OCH3 is 1. The van der Waals surface area contributed by atoms with Gasteiger partial charge in [-0.3, -0.25) is 9.59 Å². The lowest BCUT2D eigenvalue weighted by molar-refractivity contribution is -0.132. The molecule has 8 nitrogen and oxygen atoms in total. The zero-order valence-electron chi connectivity index (χ0n) is 17.3.